The second-order valence-corrected chi connectivity index (χ2v) is 7.04. The summed E-state index contributed by atoms with van der Waals surface area (Å²) in [6.07, 6.45) is -0.897. The van der Waals surface area contributed by atoms with Crippen LogP contribution in [0.4, 0.5) is 0 Å². The standard InChI is InChI=1S/C24H15NO9/c25-19(33-23(29)15-11-13-5-1-3-7-17(13)31-21(15)27)9-10-20(26)34-24(30)16-12-14-6-2-4-8-18(14)32-22(16)28/h1-8,11-12,25H,9-10H2. The van der Waals surface area contributed by atoms with Crippen LogP contribution in [0.25, 0.3) is 21.9 Å². The average molecular weight is 461 g/mol. The Morgan fingerprint density at radius 1 is 0.706 bits per heavy atom. The van der Waals surface area contributed by atoms with Crippen molar-refractivity contribution in [3.05, 3.63) is 92.6 Å². The van der Waals surface area contributed by atoms with Gasteiger partial charge in [0.15, 0.2) is 5.90 Å². The van der Waals surface area contributed by atoms with Crippen molar-refractivity contribution in [3.63, 3.8) is 0 Å². The van der Waals surface area contributed by atoms with Crippen LogP contribution in [0.2, 0.25) is 0 Å². The van der Waals surface area contributed by atoms with Gasteiger partial charge in [-0.15, -0.1) is 0 Å². The lowest BCUT2D eigenvalue weighted by molar-refractivity contribution is -0.137. The van der Waals surface area contributed by atoms with Crippen molar-refractivity contribution in [1.29, 1.82) is 5.41 Å². The highest BCUT2D eigenvalue weighted by molar-refractivity contribution is 6.01. The summed E-state index contributed by atoms with van der Waals surface area (Å²) in [6, 6.07) is 15.6. The van der Waals surface area contributed by atoms with Gasteiger partial charge in [-0.1, -0.05) is 36.4 Å². The second kappa shape index (κ2) is 9.33. The summed E-state index contributed by atoms with van der Waals surface area (Å²) in [5.41, 5.74) is -2.22. The number of nitrogens with one attached hydrogen (secondary N) is 1. The number of ether oxygens (including phenoxy) is 2. The predicted octanol–water partition coefficient (Wildman–Crippen LogP) is 3.20. The van der Waals surface area contributed by atoms with E-state index in [0.29, 0.717) is 10.8 Å². The molecular formula is C24H15NO9. The molecular weight excluding hydrogens is 446 g/mol. The molecule has 10 nitrogen and oxygen atoms in total. The molecule has 2 aromatic carbocycles. The van der Waals surface area contributed by atoms with E-state index in [1.165, 1.54) is 12.1 Å². The van der Waals surface area contributed by atoms with E-state index in [1.54, 1.807) is 48.5 Å². The van der Waals surface area contributed by atoms with Crippen LogP contribution in [0.1, 0.15) is 33.6 Å². The van der Waals surface area contributed by atoms with Crippen molar-refractivity contribution >= 4 is 45.7 Å². The Morgan fingerprint density at radius 3 is 1.71 bits per heavy atom. The highest BCUT2D eigenvalue weighted by Gasteiger charge is 2.21. The van der Waals surface area contributed by atoms with Crippen molar-refractivity contribution in [2.24, 2.45) is 0 Å². The van der Waals surface area contributed by atoms with Crippen molar-refractivity contribution in [2.75, 3.05) is 0 Å². The molecule has 0 spiro atoms. The van der Waals surface area contributed by atoms with E-state index in [4.69, 9.17) is 19.0 Å². The topological polar surface area (TPSA) is 154 Å². The van der Waals surface area contributed by atoms with Crippen molar-refractivity contribution in [1.82, 2.24) is 0 Å². The number of benzene rings is 2. The van der Waals surface area contributed by atoms with E-state index < -0.39 is 59.0 Å². The summed E-state index contributed by atoms with van der Waals surface area (Å²) in [7, 11) is 0. The molecule has 0 radical (unpaired) electrons. The number of fused-ring (bicyclic) bond motifs is 2. The van der Waals surface area contributed by atoms with E-state index >= 15 is 0 Å². The molecule has 2 heterocycles. The fourth-order valence-corrected chi connectivity index (χ4v) is 3.05. The van der Waals surface area contributed by atoms with Crippen LogP contribution >= 0.6 is 0 Å². The molecule has 34 heavy (non-hydrogen) atoms. The predicted molar refractivity (Wildman–Crippen MR) is 118 cm³/mol. The Balaban J connectivity index is 1.35. The fourth-order valence-electron chi connectivity index (χ4n) is 3.05. The van der Waals surface area contributed by atoms with Crippen LogP contribution in [0.15, 0.2) is 79.1 Å². The number of hydrogen-bond acceptors (Lipinski definition) is 10. The van der Waals surface area contributed by atoms with E-state index in [2.05, 4.69) is 4.74 Å². The summed E-state index contributed by atoms with van der Waals surface area (Å²) >= 11 is 0. The number of hydrogen-bond donors (Lipinski definition) is 1. The molecule has 0 saturated carbocycles. The first-order chi connectivity index (χ1) is 16.3. The minimum absolute atomic E-state index is 0.270. The van der Waals surface area contributed by atoms with Crippen LogP contribution in [0.3, 0.4) is 0 Å². The molecule has 170 valence electrons. The smallest absolute Gasteiger partial charge is 0.353 e. The highest BCUT2D eigenvalue weighted by Crippen LogP contribution is 2.15. The lowest BCUT2D eigenvalue weighted by Gasteiger charge is -2.06. The summed E-state index contributed by atoms with van der Waals surface area (Å²) in [5.74, 6) is -4.01. The third-order valence-corrected chi connectivity index (χ3v) is 4.70. The van der Waals surface area contributed by atoms with E-state index in [-0.39, 0.29) is 11.2 Å². The number of para-hydroxylation sites is 2. The van der Waals surface area contributed by atoms with Crippen molar-refractivity contribution in [2.45, 2.75) is 12.8 Å². The van der Waals surface area contributed by atoms with Gasteiger partial charge in [-0.2, -0.15) is 0 Å². The van der Waals surface area contributed by atoms with Crippen LogP contribution in [0, 0.1) is 5.41 Å². The number of esters is 3. The largest absolute Gasteiger partial charge is 0.422 e. The van der Waals surface area contributed by atoms with Crippen LogP contribution in [0.5, 0.6) is 0 Å². The monoisotopic (exact) mass is 461 g/mol. The van der Waals surface area contributed by atoms with Crippen molar-refractivity contribution in [3.8, 4) is 0 Å². The number of rotatable bonds is 5. The van der Waals surface area contributed by atoms with Gasteiger partial charge in [0.1, 0.15) is 22.3 Å². The summed E-state index contributed by atoms with van der Waals surface area (Å²) in [5, 5.41) is 8.69. The van der Waals surface area contributed by atoms with Crippen LogP contribution in [-0.2, 0) is 14.3 Å². The van der Waals surface area contributed by atoms with Gasteiger partial charge < -0.3 is 18.3 Å². The van der Waals surface area contributed by atoms with Gasteiger partial charge in [-0.05, 0) is 24.3 Å². The lowest BCUT2D eigenvalue weighted by atomic mass is 10.2. The Hall–Kier alpha value is -4.86. The summed E-state index contributed by atoms with van der Waals surface area (Å²) in [6.45, 7) is 0. The maximum Gasteiger partial charge on any atom is 0.353 e. The Morgan fingerprint density at radius 2 is 1.18 bits per heavy atom. The Labute approximate surface area is 189 Å². The van der Waals surface area contributed by atoms with E-state index in [9.17, 15) is 24.0 Å². The molecule has 0 atom stereocenters. The first kappa shape index (κ1) is 22.3. The first-order valence-electron chi connectivity index (χ1n) is 9.92. The SMILES string of the molecule is N=C(CCC(=O)OC(=O)c1cc2ccccc2oc1=O)OC(=O)c1cc2ccccc2oc1=O. The van der Waals surface area contributed by atoms with E-state index in [0.717, 1.165) is 0 Å². The maximum atomic E-state index is 12.2. The lowest BCUT2D eigenvalue weighted by Crippen LogP contribution is -2.22. The van der Waals surface area contributed by atoms with Crippen molar-refractivity contribution < 1.29 is 32.7 Å². The molecule has 1 N–H and O–H groups in total. The molecule has 0 amide bonds. The first-order valence-corrected chi connectivity index (χ1v) is 9.92. The number of carbonyl (C=O) groups is 3. The van der Waals surface area contributed by atoms with E-state index in [1.807, 2.05) is 0 Å². The zero-order chi connectivity index (χ0) is 24.2. The van der Waals surface area contributed by atoms with Gasteiger partial charge in [0, 0.05) is 17.2 Å². The molecule has 4 rings (SSSR count). The molecule has 0 fully saturated rings. The van der Waals surface area contributed by atoms with Crippen LogP contribution < -0.4 is 11.3 Å². The Kier molecular flexibility index (Phi) is 6.13. The molecule has 0 bridgehead atoms. The number of carbonyl (C=O) groups excluding carboxylic acids is 3. The molecule has 0 saturated heterocycles. The Bertz CT molecular complexity index is 1460. The minimum Gasteiger partial charge on any atom is -0.422 e. The minimum atomic E-state index is -1.21. The summed E-state index contributed by atoms with van der Waals surface area (Å²) in [4.78, 5) is 60.4. The van der Waals surface area contributed by atoms with Gasteiger partial charge in [-0.25, -0.2) is 19.2 Å². The molecule has 0 aliphatic rings. The normalized spacial score (nSPS) is 10.7. The highest BCUT2D eigenvalue weighted by atomic mass is 16.6. The zero-order valence-corrected chi connectivity index (χ0v) is 17.4. The van der Waals surface area contributed by atoms with Crippen LogP contribution in [-0.4, -0.2) is 23.8 Å². The third kappa shape index (κ3) is 4.80. The molecule has 0 unspecified atom stereocenters. The van der Waals surface area contributed by atoms with Gasteiger partial charge in [0.05, 0.1) is 6.42 Å². The summed E-state index contributed by atoms with van der Waals surface area (Å²) < 4.78 is 19.5. The van der Waals surface area contributed by atoms with Gasteiger partial charge >= 0.3 is 29.2 Å². The fraction of sp³-hybridized carbons (Fsp3) is 0.0833. The molecule has 0 aliphatic heterocycles. The molecule has 4 aromatic rings. The zero-order valence-electron chi connectivity index (χ0n) is 17.4. The quantitative estimate of drug-likeness (QED) is 0.155. The molecule has 0 aliphatic carbocycles. The average Bonchev–Trinajstić information content (AvgIpc) is 2.81. The second-order valence-electron chi connectivity index (χ2n) is 7.04. The van der Waals surface area contributed by atoms with Gasteiger partial charge in [0.2, 0.25) is 0 Å². The third-order valence-electron chi connectivity index (χ3n) is 4.70. The molecule has 10 heteroatoms. The van der Waals surface area contributed by atoms with Gasteiger partial charge in [0.25, 0.3) is 0 Å². The maximum absolute atomic E-state index is 12.2. The molecule has 2 aromatic heterocycles. The van der Waals surface area contributed by atoms with Gasteiger partial charge in [-0.3, -0.25) is 10.2 Å².